The standard InChI is InChI=1S/C26H34FN3O3/c1-19-3-2-4-23-22(17-29(26(19)23)11-13-32-14-12-31)18-33-30-9-7-21(8-10-30)24-15-20(16-28)5-6-25(24)27/h2-6,15,17,21,31H,7-14,16,18,28H2,1H3. The zero-order valence-corrected chi connectivity index (χ0v) is 19.3. The molecule has 0 amide bonds. The molecule has 1 aromatic heterocycles. The fraction of sp³-hybridized carbons (Fsp3) is 0.462. The summed E-state index contributed by atoms with van der Waals surface area (Å²) in [4.78, 5) is 6.17. The van der Waals surface area contributed by atoms with Crippen LogP contribution >= 0.6 is 0 Å². The van der Waals surface area contributed by atoms with Crippen molar-refractivity contribution in [3.05, 3.63) is 70.7 Å². The smallest absolute Gasteiger partial charge is 0.126 e. The van der Waals surface area contributed by atoms with E-state index in [2.05, 4.69) is 35.9 Å². The number of hydroxylamine groups is 2. The van der Waals surface area contributed by atoms with Crippen LogP contribution < -0.4 is 5.73 Å². The van der Waals surface area contributed by atoms with Gasteiger partial charge in [0, 0.05) is 43.3 Å². The molecule has 1 aliphatic rings. The van der Waals surface area contributed by atoms with Gasteiger partial charge >= 0.3 is 0 Å². The SMILES string of the molecule is Cc1cccc2c(CON3CCC(c4cc(CN)ccc4F)CC3)cn(CCOCCO)c12. The maximum Gasteiger partial charge on any atom is 0.126 e. The number of piperidine rings is 1. The van der Waals surface area contributed by atoms with Crippen molar-refractivity contribution in [2.75, 3.05) is 32.9 Å². The molecule has 1 aliphatic heterocycles. The molecule has 0 spiro atoms. The number of aromatic nitrogens is 1. The number of halogens is 1. The van der Waals surface area contributed by atoms with Crippen molar-refractivity contribution in [3.63, 3.8) is 0 Å². The molecular weight excluding hydrogens is 421 g/mol. The Labute approximate surface area is 194 Å². The molecule has 1 saturated heterocycles. The van der Waals surface area contributed by atoms with E-state index < -0.39 is 0 Å². The molecule has 3 N–H and O–H groups in total. The summed E-state index contributed by atoms with van der Waals surface area (Å²) in [5.74, 6) is 0.0533. The monoisotopic (exact) mass is 455 g/mol. The number of aliphatic hydroxyl groups is 1. The third-order valence-corrected chi connectivity index (χ3v) is 6.49. The summed E-state index contributed by atoms with van der Waals surface area (Å²) in [5.41, 5.74) is 11.0. The molecule has 3 aromatic rings. The third-order valence-electron chi connectivity index (χ3n) is 6.49. The van der Waals surface area contributed by atoms with Crippen LogP contribution in [0.2, 0.25) is 0 Å². The van der Waals surface area contributed by atoms with Crippen molar-refractivity contribution < 1.29 is 19.1 Å². The van der Waals surface area contributed by atoms with Gasteiger partial charge in [0.15, 0.2) is 0 Å². The molecule has 2 aromatic carbocycles. The number of para-hydroxylation sites is 1. The van der Waals surface area contributed by atoms with Crippen molar-refractivity contribution in [1.82, 2.24) is 9.63 Å². The van der Waals surface area contributed by atoms with E-state index in [1.54, 1.807) is 6.07 Å². The average molecular weight is 456 g/mol. The van der Waals surface area contributed by atoms with E-state index in [-0.39, 0.29) is 18.3 Å². The van der Waals surface area contributed by atoms with Crippen LogP contribution in [0.4, 0.5) is 4.39 Å². The molecule has 178 valence electrons. The van der Waals surface area contributed by atoms with Crippen LogP contribution in [0, 0.1) is 12.7 Å². The summed E-state index contributed by atoms with van der Waals surface area (Å²) in [6, 6.07) is 11.5. The molecule has 33 heavy (non-hydrogen) atoms. The van der Waals surface area contributed by atoms with E-state index in [0.29, 0.717) is 26.4 Å². The second kappa shape index (κ2) is 11.2. The molecule has 0 aliphatic carbocycles. The molecule has 6 nitrogen and oxygen atoms in total. The van der Waals surface area contributed by atoms with E-state index in [0.717, 1.165) is 49.2 Å². The molecule has 7 heteroatoms. The second-order valence-electron chi connectivity index (χ2n) is 8.69. The highest BCUT2D eigenvalue weighted by Gasteiger charge is 2.24. The molecule has 0 saturated carbocycles. The number of benzene rings is 2. The van der Waals surface area contributed by atoms with Gasteiger partial charge in [0.05, 0.1) is 31.9 Å². The summed E-state index contributed by atoms with van der Waals surface area (Å²) < 4.78 is 22.0. The van der Waals surface area contributed by atoms with E-state index >= 15 is 0 Å². The van der Waals surface area contributed by atoms with Gasteiger partial charge in [0.1, 0.15) is 5.82 Å². The number of rotatable bonds is 10. The van der Waals surface area contributed by atoms with Crippen molar-refractivity contribution in [3.8, 4) is 0 Å². The largest absolute Gasteiger partial charge is 0.394 e. The van der Waals surface area contributed by atoms with Gasteiger partial charge in [0.25, 0.3) is 0 Å². The lowest BCUT2D eigenvalue weighted by Gasteiger charge is -2.31. The Bertz CT molecular complexity index is 1060. The van der Waals surface area contributed by atoms with Crippen LogP contribution in [-0.4, -0.2) is 47.6 Å². The van der Waals surface area contributed by atoms with Gasteiger partial charge in [-0.05, 0) is 48.4 Å². The summed E-state index contributed by atoms with van der Waals surface area (Å²) in [6.07, 6.45) is 3.85. The van der Waals surface area contributed by atoms with E-state index in [1.165, 1.54) is 22.5 Å². The minimum atomic E-state index is -0.141. The van der Waals surface area contributed by atoms with Crippen LogP contribution in [0.1, 0.15) is 41.0 Å². The average Bonchev–Trinajstić information content (AvgIpc) is 3.20. The van der Waals surface area contributed by atoms with Gasteiger partial charge in [-0.1, -0.05) is 30.3 Å². The number of aryl methyl sites for hydroxylation is 1. The van der Waals surface area contributed by atoms with Crippen LogP contribution in [0.3, 0.4) is 0 Å². The van der Waals surface area contributed by atoms with E-state index in [4.69, 9.17) is 20.4 Å². The fourth-order valence-electron chi connectivity index (χ4n) is 4.73. The lowest BCUT2D eigenvalue weighted by atomic mass is 9.89. The minimum Gasteiger partial charge on any atom is -0.394 e. The molecule has 0 bridgehead atoms. The summed E-state index contributed by atoms with van der Waals surface area (Å²) in [6.45, 7) is 6.22. The minimum absolute atomic E-state index is 0.0341. The van der Waals surface area contributed by atoms with Gasteiger partial charge in [-0.3, -0.25) is 4.84 Å². The highest BCUT2D eigenvalue weighted by atomic mass is 19.1. The number of hydrogen-bond donors (Lipinski definition) is 2. The highest BCUT2D eigenvalue weighted by Crippen LogP contribution is 2.31. The van der Waals surface area contributed by atoms with Crippen LogP contribution in [0.15, 0.2) is 42.6 Å². The Balaban J connectivity index is 1.38. The van der Waals surface area contributed by atoms with E-state index in [1.807, 2.05) is 11.1 Å². The maximum atomic E-state index is 14.4. The Hall–Kier alpha value is -2.29. The Kier molecular flexibility index (Phi) is 8.11. The van der Waals surface area contributed by atoms with Gasteiger partial charge < -0.3 is 20.1 Å². The summed E-state index contributed by atoms with van der Waals surface area (Å²) in [7, 11) is 0. The normalized spacial score (nSPS) is 15.5. The molecular formula is C26H34FN3O3. The number of ether oxygens (including phenoxy) is 1. The first kappa shape index (κ1) is 23.9. The van der Waals surface area contributed by atoms with Crippen molar-refractivity contribution in [2.45, 2.75) is 45.4 Å². The molecule has 0 atom stereocenters. The Morgan fingerprint density at radius 1 is 1.15 bits per heavy atom. The summed E-state index contributed by atoms with van der Waals surface area (Å²) >= 11 is 0. The molecule has 2 heterocycles. The first-order chi connectivity index (χ1) is 16.1. The van der Waals surface area contributed by atoms with Crippen LogP contribution in [0.25, 0.3) is 10.9 Å². The molecule has 0 unspecified atom stereocenters. The first-order valence-corrected chi connectivity index (χ1v) is 11.7. The zero-order chi connectivity index (χ0) is 23.2. The first-order valence-electron chi connectivity index (χ1n) is 11.7. The van der Waals surface area contributed by atoms with Gasteiger partial charge in [-0.2, -0.15) is 5.06 Å². The Morgan fingerprint density at radius 2 is 1.97 bits per heavy atom. The van der Waals surface area contributed by atoms with Crippen LogP contribution in [-0.2, 0) is 29.3 Å². The number of fused-ring (bicyclic) bond motifs is 1. The number of aliphatic hydroxyl groups excluding tert-OH is 1. The topological polar surface area (TPSA) is 72.9 Å². The molecule has 4 rings (SSSR count). The number of hydrogen-bond acceptors (Lipinski definition) is 5. The lowest BCUT2D eigenvalue weighted by molar-refractivity contribution is -0.180. The Morgan fingerprint density at radius 3 is 2.73 bits per heavy atom. The quantitative estimate of drug-likeness (QED) is 0.454. The number of nitrogens with two attached hydrogens (primary N) is 1. The van der Waals surface area contributed by atoms with Crippen molar-refractivity contribution >= 4 is 10.9 Å². The summed E-state index contributed by atoms with van der Waals surface area (Å²) in [5, 5.41) is 12.1. The number of nitrogens with zero attached hydrogens (tertiary/aromatic N) is 2. The highest BCUT2D eigenvalue weighted by molar-refractivity contribution is 5.86. The van der Waals surface area contributed by atoms with Gasteiger partial charge in [-0.15, -0.1) is 0 Å². The molecule has 1 fully saturated rings. The van der Waals surface area contributed by atoms with Crippen molar-refractivity contribution in [1.29, 1.82) is 0 Å². The van der Waals surface area contributed by atoms with Crippen LogP contribution in [0.5, 0.6) is 0 Å². The predicted octanol–water partition coefficient (Wildman–Crippen LogP) is 3.87. The van der Waals surface area contributed by atoms with E-state index in [9.17, 15) is 4.39 Å². The zero-order valence-electron chi connectivity index (χ0n) is 19.3. The van der Waals surface area contributed by atoms with Gasteiger partial charge in [-0.25, -0.2) is 4.39 Å². The third kappa shape index (κ3) is 5.62. The molecule has 0 radical (unpaired) electrons. The lowest BCUT2D eigenvalue weighted by Crippen LogP contribution is -2.33. The van der Waals surface area contributed by atoms with Crippen molar-refractivity contribution in [2.24, 2.45) is 5.73 Å². The van der Waals surface area contributed by atoms with Gasteiger partial charge in [0.2, 0.25) is 0 Å². The fourth-order valence-corrected chi connectivity index (χ4v) is 4.73. The second-order valence-corrected chi connectivity index (χ2v) is 8.69. The maximum absolute atomic E-state index is 14.4. The predicted molar refractivity (Wildman–Crippen MR) is 127 cm³/mol.